The van der Waals surface area contributed by atoms with E-state index in [0.29, 0.717) is 26.2 Å². The summed E-state index contributed by atoms with van der Waals surface area (Å²) in [5.41, 5.74) is 1.78. The van der Waals surface area contributed by atoms with Crippen LogP contribution >= 0.6 is 15.9 Å². The predicted molar refractivity (Wildman–Crippen MR) is 140 cm³/mol. The molecule has 1 fully saturated rings. The van der Waals surface area contributed by atoms with Crippen LogP contribution in [0.5, 0.6) is 5.75 Å². The van der Waals surface area contributed by atoms with Crippen LogP contribution < -0.4 is 9.64 Å². The number of hydrogen-bond donors (Lipinski definition) is 0. The fourth-order valence-electron chi connectivity index (χ4n) is 4.11. The minimum absolute atomic E-state index is 0.0703. The molecule has 4 rings (SSSR count). The first-order valence-corrected chi connectivity index (χ1v) is 13.7. The van der Waals surface area contributed by atoms with Gasteiger partial charge < -0.3 is 14.5 Å². The molecule has 0 spiro atoms. The van der Waals surface area contributed by atoms with E-state index in [1.54, 1.807) is 42.3 Å². The van der Waals surface area contributed by atoms with Crippen molar-refractivity contribution in [2.24, 2.45) is 0 Å². The van der Waals surface area contributed by atoms with Crippen LogP contribution in [0.2, 0.25) is 0 Å². The molecule has 1 saturated heterocycles. The van der Waals surface area contributed by atoms with Gasteiger partial charge in [-0.2, -0.15) is 4.31 Å². The Balaban J connectivity index is 1.53. The molecule has 0 N–H and O–H groups in total. The first kappa shape index (κ1) is 25.2. The molecule has 184 valence electrons. The van der Waals surface area contributed by atoms with Crippen molar-refractivity contribution in [1.82, 2.24) is 9.21 Å². The summed E-state index contributed by atoms with van der Waals surface area (Å²) in [5.74, 6) is 0.508. The Morgan fingerprint density at radius 1 is 0.914 bits per heavy atom. The van der Waals surface area contributed by atoms with E-state index in [9.17, 15) is 13.2 Å². The average molecular weight is 558 g/mol. The van der Waals surface area contributed by atoms with E-state index in [1.165, 1.54) is 4.31 Å². The summed E-state index contributed by atoms with van der Waals surface area (Å²) in [6, 6.07) is 25.3. The van der Waals surface area contributed by atoms with Crippen molar-refractivity contribution in [3.63, 3.8) is 0 Å². The van der Waals surface area contributed by atoms with Crippen molar-refractivity contribution in [2.75, 3.05) is 38.2 Å². The maximum atomic E-state index is 13.6. The number of carbonyl (C=O) groups excluding carboxylic acids is 1. The van der Waals surface area contributed by atoms with Gasteiger partial charge in [-0.3, -0.25) is 4.79 Å². The second-order valence-corrected chi connectivity index (χ2v) is 10.9. The predicted octanol–water partition coefficient (Wildman–Crippen LogP) is 3.96. The summed E-state index contributed by atoms with van der Waals surface area (Å²) >= 11 is 3.44. The van der Waals surface area contributed by atoms with E-state index in [4.69, 9.17) is 4.74 Å². The van der Waals surface area contributed by atoms with Gasteiger partial charge in [-0.05, 0) is 29.8 Å². The lowest BCUT2D eigenvalue weighted by atomic mass is 10.2. The zero-order chi connectivity index (χ0) is 24.8. The number of ether oxygens (including phenoxy) is 1. The molecule has 1 aliphatic rings. The minimum Gasteiger partial charge on any atom is -0.495 e. The summed E-state index contributed by atoms with van der Waals surface area (Å²) < 4.78 is 33.9. The Labute approximate surface area is 215 Å². The number of para-hydroxylation sites is 2. The highest BCUT2D eigenvalue weighted by Crippen LogP contribution is 2.29. The van der Waals surface area contributed by atoms with E-state index in [-0.39, 0.29) is 17.3 Å². The maximum Gasteiger partial charge on any atom is 0.252 e. The molecule has 7 nitrogen and oxygen atoms in total. The standard InChI is InChI=1S/C26H28BrN3O4S/c1-34-24-15-9-8-14-23(24)28-16-18-29(19-17-28)26(31)25(27)30(20-21-10-4-2-5-11-21)35(32,33)22-12-6-3-7-13-22/h2-15,25H,16-20H2,1H3. The van der Waals surface area contributed by atoms with E-state index in [2.05, 4.69) is 20.8 Å². The molecular weight excluding hydrogens is 530 g/mol. The first-order valence-electron chi connectivity index (χ1n) is 11.3. The highest BCUT2D eigenvalue weighted by atomic mass is 79.9. The third-order valence-electron chi connectivity index (χ3n) is 6.00. The molecule has 1 atom stereocenters. The van der Waals surface area contributed by atoms with Gasteiger partial charge in [-0.25, -0.2) is 8.42 Å². The summed E-state index contributed by atoms with van der Waals surface area (Å²) in [7, 11) is -2.29. The quantitative estimate of drug-likeness (QED) is 0.310. The van der Waals surface area contributed by atoms with Crippen LogP contribution in [0.3, 0.4) is 0 Å². The van der Waals surface area contributed by atoms with Crippen LogP contribution in [-0.2, 0) is 21.4 Å². The number of benzene rings is 3. The molecule has 0 aromatic heterocycles. The number of alkyl halides is 1. The Bertz CT molecular complexity index is 1230. The van der Waals surface area contributed by atoms with E-state index in [1.807, 2.05) is 54.6 Å². The normalized spacial score (nSPS) is 15.2. The molecule has 0 saturated carbocycles. The number of methoxy groups -OCH3 is 1. The number of hydrogen-bond acceptors (Lipinski definition) is 5. The van der Waals surface area contributed by atoms with Crippen molar-refractivity contribution in [1.29, 1.82) is 0 Å². The Morgan fingerprint density at radius 3 is 2.11 bits per heavy atom. The smallest absolute Gasteiger partial charge is 0.252 e. The van der Waals surface area contributed by atoms with Crippen molar-refractivity contribution in [2.45, 2.75) is 16.4 Å². The number of piperazine rings is 1. The van der Waals surface area contributed by atoms with Crippen molar-refractivity contribution in [3.05, 3.63) is 90.5 Å². The fourth-order valence-corrected chi connectivity index (χ4v) is 6.63. The zero-order valence-electron chi connectivity index (χ0n) is 19.5. The molecule has 3 aromatic rings. The van der Waals surface area contributed by atoms with Crippen LogP contribution in [0.4, 0.5) is 5.69 Å². The highest BCUT2D eigenvalue weighted by Gasteiger charge is 2.37. The number of sulfonamides is 1. The molecule has 1 amide bonds. The third-order valence-corrected chi connectivity index (χ3v) is 8.99. The van der Waals surface area contributed by atoms with Crippen LogP contribution in [0, 0.1) is 0 Å². The summed E-state index contributed by atoms with van der Waals surface area (Å²) in [4.78, 5) is 16.5. The number of anilines is 1. The van der Waals surface area contributed by atoms with Crippen molar-refractivity contribution in [3.8, 4) is 5.75 Å². The SMILES string of the molecule is COc1ccccc1N1CCN(C(=O)C(Br)N(Cc2ccccc2)S(=O)(=O)c2ccccc2)CC1. The Kier molecular flexibility index (Phi) is 8.10. The molecule has 0 bridgehead atoms. The van der Waals surface area contributed by atoms with Crippen LogP contribution in [0.25, 0.3) is 0 Å². The van der Waals surface area contributed by atoms with Gasteiger partial charge in [-0.1, -0.05) is 76.6 Å². The molecule has 3 aromatic carbocycles. The number of halogens is 1. The fraction of sp³-hybridized carbons (Fsp3) is 0.269. The lowest BCUT2D eigenvalue weighted by Crippen LogP contribution is -2.54. The maximum absolute atomic E-state index is 13.6. The number of amides is 1. The van der Waals surface area contributed by atoms with Gasteiger partial charge in [-0.15, -0.1) is 0 Å². The number of nitrogens with zero attached hydrogens (tertiary/aromatic N) is 3. The summed E-state index contributed by atoms with van der Waals surface area (Å²) in [5, 5.41) is 0. The molecule has 9 heteroatoms. The van der Waals surface area contributed by atoms with Gasteiger partial charge in [0.2, 0.25) is 10.0 Å². The van der Waals surface area contributed by atoms with Gasteiger partial charge in [0, 0.05) is 32.7 Å². The number of carbonyl (C=O) groups is 1. The monoisotopic (exact) mass is 557 g/mol. The molecule has 1 aliphatic heterocycles. The highest BCUT2D eigenvalue weighted by molar-refractivity contribution is 9.10. The zero-order valence-corrected chi connectivity index (χ0v) is 21.9. The topological polar surface area (TPSA) is 70.2 Å². The Hall–Kier alpha value is -2.88. The molecule has 0 radical (unpaired) electrons. The second kappa shape index (κ2) is 11.2. The molecule has 0 aliphatic carbocycles. The molecule has 1 unspecified atom stereocenters. The van der Waals surface area contributed by atoms with E-state index >= 15 is 0 Å². The lowest BCUT2D eigenvalue weighted by Gasteiger charge is -2.38. The van der Waals surface area contributed by atoms with Crippen LogP contribution in [-0.4, -0.2) is 61.8 Å². The summed E-state index contributed by atoms with van der Waals surface area (Å²) in [6.45, 7) is 2.26. The summed E-state index contributed by atoms with van der Waals surface area (Å²) in [6.07, 6.45) is 0. The van der Waals surface area contributed by atoms with E-state index in [0.717, 1.165) is 17.0 Å². The second-order valence-electron chi connectivity index (χ2n) is 8.17. The van der Waals surface area contributed by atoms with E-state index < -0.39 is 15.0 Å². The van der Waals surface area contributed by atoms with Crippen molar-refractivity contribution >= 4 is 37.5 Å². The van der Waals surface area contributed by atoms with Crippen LogP contribution in [0.15, 0.2) is 89.8 Å². The largest absolute Gasteiger partial charge is 0.495 e. The van der Waals surface area contributed by atoms with Crippen LogP contribution in [0.1, 0.15) is 5.56 Å². The van der Waals surface area contributed by atoms with Gasteiger partial charge in [0.1, 0.15) is 5.75 Å². The van der Waals surface area contributed by atoms with Crippen molar-refractivity contribution < 1.29 is 17.9 Å². The van der Waals surface area contributed by atoms with Gasteiger partial charge in [0.05, 0.1) is 17.7 Å². The first-order chi connectivity index (χ1) is 16.9. The Morgan fingerprint density at radius 2 is 1.49 bits per heavy atom. The van der Waals surface area contributed by atoms with Gasteiger partial charge >= 0.3 is 0 Å². The number of rotatable bonds is 8. The van der Waals surface area contributed by atoms with Gasteiger partial charge in [0.15, 0.2) is 4.95 Å². The minimum atomic E-state index is -3.93. The molecule has 35 heavy (non-hydrogen) atoms. The third kappa shape index (κ3) is 5.69. The molecular formula is C26H28BrN3O4S. The lowest BCUT2D eigenvalue weighted by molar-refractivity contribution is -0.132. The molecule has 1 heterocycles. The average Bonchev–Trinajstić information content (AvgIpc) is 2.92. The van der Waals surface area contributed by atoms with Gasteiger partial charge in [0.25, 0.3) is 5.91 Å².